The molecule has 1 amide bonds. The molecular weight excluding hydrogens is 466 g/mol. The van der Waals surface area contributed by atoms with Crippen molar-refractivity contribution in [3.8, 4) is 0 Å². The van der Waals surface area contributed by atoms with Gasteiger partial charge in [0.05, 0.1) is 10.1 Å². The number of halogens is 1. The zero-order valence-corrected chi connectivity index (χ0v) is 19.1. The van der Waals surface area contributed by atoms with Crippen LogP contribution in [0.3, 0.4) is 0 Å². The van der Waals surface area contributed by atoms with Gasteiger partial charge in [0, 0.05) is 16.4 Å². The molecule has 30 heavy (non-hydrogen) atoms. The topological polar surface area (TPSA) is 127 Å². The number of aryl methyl sites for hydroxylation is 1. The van der Waals surface area contributed by atoms with E-state index in [1.165, 1.54) is 41.3 Å². The van der Waals surface area contributed by atoms with Gasteiger partial charge in [-0.25, -0.2) is 13.6 Å². The van der Waals surface area contributed by atoms with E-state index < -0.39 is 15.3 Å². The minimum Gasteiger partial charge on any atom is -0.330 e. The molecule has 4 N–H and O–H groups in total. The van der Waals surface area contributed by atoms with Gasteiger partial charge in [0.2, 0.25) is 21.1 Å². The highest BCUT2D eigenvalue weighted by Crippen LogP contribution is 2.31. The number of hydrogen-bond donors (Lipinski definition) is 3. The molecule has 1 aromatic heterocycles. The first-order valence-corrected chi connectivity index (χ1v) is 12.2. The van der Waals surface area contributed by atoms with Crippen molar-refractivity contribution in [2.75, 3.05) is 10.6 Å². The maximum atomic E-state index is 12.5. The van der Waals surface area contributed by atoms with Gasteiger partial charge < -0.3 is 10.6 Å². The summed E-state index contributed by atoms with van der Waals surface area (Å²) in [6.07, 6.45) is 0. The zero-order valence-electron chi connectivity index (χ0n) is 15.9. The Hall–Kier alpha value is -2.18. The summed E-state index contributed by atoms with van der Waals surface area (Å²) in [5.74, 6) is -0.304. The van der Waals surface area contributed by atoms with Gasteiger partial charge >= 0.3 is 0 Å². The van der Waals surface area contributed by atoms with Crippen molar-refractivity contribution < 1.29 is 13.2 Å². The first-order chi connectivity index (χ1) is 14.1. The van der Waals surface area contributed by atoms with E-state index in [9.17, 15) is 13.2 Å². The summed E-state index contributed by atoms with van der Waals surface area (Å²) in [6, 6.07) is 11.4. The normalized spacial score (nSPS) is 12.4. The summed E-state index contributed by atoms with van der Waals surface area (Å²) in [6.45, 7) is 3.64. The molecule has 1 heterocycles. The van der Waals surface area contributed by atoms with E-state index >= 15 is 0 Å². The van der Waals surface area contributed by atoms with Gasteiger partial charge in [0.15, 0.2) is 4.34 Å². The zero-order chi connectivity index (χ0) is 21.9. The number of benzene rings is 2. The van der Waals surface area contributed by atoms with Gasteiger partial charge in [-0.2, -0.15) is 0 Å². The summed E-state index contributed by atoms with van der Waals surface area (Å²) < 4.78 is 23.5. The fourth-order valence-electron chi connectivity index (χ4n) is 2.30. The van der Waals surface area contributed by atoms with Gasteiger partial charge in [0.1, 0.15) is 0 Å². The van der Waals surface area contributed by atoms with E-state index in [0.29, 0.717) is 20.2 Å². The molecule has 0 saturated heterocycles. The number of carbonyl (C=O) groups excluding carboxylic acids is 1. The minimum atomic E-state index is -3.85. The third-order valence-corrected chi connectivity index (χ3v) is 7.25. The lowest BCUT2D eigenvalue weighted by Crippen LogP contribution is -2.22. The predicted octanol–water partition coefficient (Wildman–Crippen LogP) is 4.01. The SMILES string of the molecule is Cc1ccc(Nc2nnc(SC(C)C(=O)Nc3cccc(S(N)(=O)=O)c3)s2)cc1Cl. The second kappa shape index (κ2) is 9.31. The third-order valence-electron chi connectivity index (χ3n) is 3.91. The third kappa shape index (κ3) is 5.92. The largest absolute Gasteiger partial charge is 0.330 e. The van der Waals surface area contributed by atoms with Crippen LogP contribution >= 0.6 is 34.7 Å². The van der Waals surface area contributed by atoms with E-state index in [-0.39, 0.29) is 10.8 Å². The van der Waals surface area contributed by atoms with Gasteiger partial charge in [-0.15, -0.1) is 10.2 Å². The molecule has 3 aromatic rings. The van der Waals surface area contributed by atoms with Crippen LogP contribution in [-0.4, -0.2) is 29.8 Å². The summed E-state index contributed by atoms with van der Waals surface area (Å²) >= 11 is 8.68. The Labute approximate surface area is 187 Å². The number of aromatic nitrogens is 2. The van der Waals surface area contributed by atoms with Gasteiger partial charge in [-0.05, 0) is 49.7 Å². The van der Waals surface area contributed by atoms with Crippen LogP contribution in [0.2, 0.25) is 5.02 Å². The number of anilines is 3. The van der Waals surface area contributed by atoms with Crippen LogP contribution in [0.1, 0.15) is 12.5 Å². The number of hydrogen-bond acceptors (Lipinski definition) is 8. The van der Waals surface area contributed by atoms with Crippen molar-refractivity contribution in [3.63, 3.8) is 0 Å². The molecule has 2 aromatic carbocycles. The quantitative estimate of drug-likeness (QED) is 0.433. The number of nitrogens with two attached hydrogens (primary N) is 1. The molecular formula is C18H18ClN5O3S3. The standard InChI is InChI=1S/C18H18ClN5O3S3/c1-10-6-7-13(9-15(10)19)22-17-23-24-18(29-17)28-11(2)16(25)21-12-4-3-5-14(8-12)30(20,26)27/h3-9,11H,1-2H3,(H,21,25)(H,22,23)(H2,20,26,27). The highest BCUT2D eigenvalue weighted by Gasteiger charge is 2.18. The van der Waals surface area contributed by atoms with Crippen LogP contribution in [0.5, 0.6) is 0 Å². The van der Waals surface area contributed by atoms with E-state index in [1.807, 2.05) is 19.1 Å². The smallest absolute Gasteiger partial charge is 0.238 e. The second-order valence-electron chi connectivity index (χ2n) is 6.28. The van der Waals surface area contributed by atoms with E-state index in [1.54, 1.807) is 19.1 Å². The lowest BCUT2D eigenvalue weighted by atomic mass is 10.2. The van der Waals surface area contributed by atoms with Crippen LogP contribution in [-0.2, 0) is 14.8 Å². The molecule has 1 atom stereocenters. The van der Waals surface area contributed by atoms with Gasteiger partial charge in [-0.3, -0.25) is 4.79 Å². The maximum absolute atomic E-state index is 12.5. The second-order valence-corrected chi connectivity index (χ2v) is 10.8. The minimum absolute atomic E-state index is 0.0725. The number of sulfonamides is 1. The number of thioether (sulfide) groups is 1. The fraction of sp³-hybridized carbons (Fsp3) is 0.167. The fourth-order valence-corrected chi connectivity index (χ4v) is 4.96. The molecule has 158 valence electrons. The summed E-state index contributed by atoms with van der Waals surface area (Å²) in [4.78, 5) is 12.4. The monoisotopic (exact) mass is 483 g/mol. The van der Waals surface area contributed by atoms with Crippen molar-refractivity contribution in [2.45, 2.75) is 28.3 Å². The van der Waals surface area contributed by atoms with Crippen molar-refractivity contribution in [1.29, 1.82) is 0 Å². The first-order valence-electron chi connectivity index (χ1n) is 8.59. The Morgan fingerprint density at radius 3 is 2.67 bits per heavy atom. The Balaban J connectivity index is 1.61. The van der Waals surface area contributed by atoms with E-state index in [2.05, 4.69) is 20.8 Å². The molecule has 3 rings (SSSR count). The summed E-state index contributed by atoms with van der Waals surface area (Å²) in [5, 5.41) is 19.8. The average Bonchev–Trinajstić information content (AvgIpc) is 3.11. The number of carbonyl (C=O) groups is 1. The number of primary sulfonamides is 1. The molecule has 12 heteroatoms. The van der Waals surface area contributed by atoms with Crippen LogP contribution in [0.15, 0.2) is 51.7 Å². The molecule has 1 unspecified atom stereocenters. The number of nitrogens with zero attached hydrogens (tertiary/aromatic N) is 2. The van der Waals surface area contributed by atoms with Crippen LogP contribution in [0.25, 0.3) is 0 Å². The lowest BCUT2D eigenvalue weighted by molar-refractivity contribution is -0.115. The average molecular weight is 484 g/mol. The molecule has 0 aliphatic carbocycles. The Kier molecular flexibility index (Phi) is 6.98. The van der Waals surface area contributed by atoms with Crippen LogP contribution < -0.4 is 15.8 Å². The van der Waals surface area contributed by atoms with Gasteiger partial charge in [-0.1, -0.05) is 46.8 Å². The molecule has 0 aliphatic rings. The number of rotatable bonds is 7. The van der Waals surface area contributed by atoms with E-state index in [4.69, 9.17) is 16.7 Å². The molecule has 0 spiro atoms. The first kappa shape index (κ1) is 22.5. The lowest BCUT2D eigenvalue weighted by Gasteiger charge is -2.11. The predicted molar refractivity (Wildman–Crippen MR) is 121 cm³/mol. The van der Waals surface area contributed by atoms with Crippen molar-refractivity contribution in [3.05, 3.63) is 53.1 Å². The summed E-state index contributed by atoms with van der Waals surface area (Å²) in [5.41, 5.74) is 2.11. The van der Waals surface area contributed by atoms with Gasteiger partial charge in [0.25, 0.3) is 0 Å². The van der Waals surface area contributed by atoms with Crippen molar-refractivity contribution >= 4 is 67.1 Å². The molecule has 0 saturated carbocycles. The van der Waals surface area contributed by atoms with Crippen LogP contribution in [0, 0.1) is 6.92 Å². The number of amides is 1. The number of nitrogens with one attached hydrogen (secondary N) is 2. The molecule has 0 aliphatic heterocycles. The Bertz CT molecular complexity index is 1180. The Morgan fingerprint density at radius 1 is 1.20 bits per heavy atom. The molecule has 0 radical (unpaired) electrons. The molecule has 8 nitrogen and oxygen atoms in total. The highest BCUT2D eigenvalue weighted by molar-refractivity contribution is 8.02. The van der Waals surface area contributed by atoms with Crippen molar-refractivity contribution in [2.24, 2.45) is 5.14 Å². The van der Waals surface area contributed by atoms with Crippen molar-refractivity contribution in [1.82, 2.24) is 10.2 Å². The summed E-state index contributed by atoms with van der Waals surface area (Å²) in [7, 11) is -3.85. The Morgan fingerprint density at radius 2 is 1.97 bits per heavy atom. The van der Waals surface area contributed by atoms with E-state index in [0.717, 1.165) is 11.3 Å². The maximum Gasteiger partial charge on any atom is 0.238 e. The molecule has 0 fully saturated rings. The highest BCUT2D eigenvalue weighted by atomic mass is 35.5. The van der Waals surface area contributed by atoms with Crippen LogP contribution in [0.4, 0.5) is 16.5 Å². The molecule has 0 bridgehead atoms.